The first-order valence-corrected chi connectivity index (χ1v) is 6.14. The smallest absolute Gasteiger partial charge is 0.345 e. The second-order valence-corrected chi connectivity index (χ2v) is 4.61. The Bertz CT molecular complexity index is 688. The van der Waals surface area contributed by atoms with Gasteiger partial charge in [0.15, 0.2) is 0 Å². The molecule has 0 spiro atoms. The lowest BCUT2D eigenvalue weighted by Crippen LogP contribution is -2.09. The van der Waals surface area contributed by atoms with Gasteiger partial charge in [0.05, 0.1) is 15.5 Å². The number of nitro groups is 1. The van der Waals surface area contributed by atoms with E-state index in [1.54, 1.807) is 18.2 Å². The highest BCUT2D eigenvalue weighted by molar-refractivity contribution is 6.34. The summed E-state index contributed by atoms with van der Waals surface area (Å²) in [6.07, 6.45) is 0. The van der Waals surface area contributed by atoms with E-state index in [9.17, 15) is 14.9 Å². The number of nitro benzene ring substituents is 1. The summed E-state index contributed by atoms with van der Waals surface area (Å²) in [5.41, 5.74) is -0.161. The number of ether oxygens (including phenoxy) is 1. The number of non-ortho nitro benzene ring substituents is 1. The van der Waals surface area contributed by atoms with Gasteiger partial charge in [0, 0.05) is 17.2 Å². The Labute approximate surface area is 123 Å². The fraction of sp³-hybridized carbons (Fsp3) is 0. The number of rotatable bonds is 3. The van der Waals surface area contributed by atoms with Crippen molar-refractivity contribution in [2.75, 3.05) is 0 Å². The number of hydrogen-bond donors (Lipinski definition) is 0. The van der Waals surface area contributed by atoms with Gasteiger partial charge in [0.1, 0.15) is 5.75 Å². The zero-order valence-corrected chi connectivity index (χ0v) is 11.4. The van der Waals surface area contributed by atoms with Crippen molar-refractivity contribution in [3.8, 4) is 5.75 Å². The van der Waals surface area contributed by atoms with Gasteiger partial charge in [0.25, 0.3) is 5.69 Å². The lowest BCUT2D eigenvalue weighted by Gasteiger charge is -2.06. The summed E-state index contributed by atoms with van der Waals surface area (Å²) in [6.45, 7) is 0. The van der Waals surface area contributed by atoms with Crippen LogP contribution in [0.4, 0.5) is 5.69 Å². The summed E-state index contributed by atoms with van der Waals surface area (Å²) < 4.78 is 5.08. The monoisotopic (exact) mass is 311 g/mol. The van der Waals surface area contributed by atoms with Gasteiger partial charge in [-0.2, -0.15) is 0 Å². The van der Waals surface area contributed by atoms with Crippen molar-refractivity contribution in [2.24, 2.45) is 0 Å². The highest BCUT2D eigenvalue weighted by Crippen LogP contribution is 2.24. The molecule has 5 nitrogen and oxygen atoms in total. The van der Waals surface area contributed by atoms with Crippen LogP contribution in [-0.4, -0.2) is 10.9 Å². The highest BCUT2D eigenvalue weighted by atomic mass is 35.5. The predicted molar refractivity (Wildman–Crippen MR) is 74.5 cm³/mol. The normalized spacial score (nSPS) is 10.1. The Morgan fingerprint density at radius 1 is 1.15 bits per heavy atom. The van der Waals surface area contributed by atoms with Gasteiger partial charge in [0.2, 0.25) is 0 Å². The molecule has 0 unspecified atom stereocenters. The Morgan fingerprint density at radius 3 is 2.50 bits per heavy atom. The first-order chi connectivity index (χ1) is 9.47. The van der Waals surface area contributed by atoms with Gasteiger partial charge in [-0.25, -0.2) is 4.79 Å². The minimum absolute atomic E-state index is 0.0391. The van der Waals surface area contributed by atoms with E-state index < -0.39 is 10.9 Å². The van der Waals surface area contributed by atoms with E-state index >= 15 is 0 Å². The molecule has 0 bridgehead atoms. The highest BCUT2D eigenvalue weighted by Gasteiger charge is 2.16. The SMILES string of the molecule is O=C(Oc1cccc(Cl)c1)c1ccc([N+](=O)[O-])cc1Cl. The van der Waals surface area contributed by atoms with Crippen molar-refractivity contribution < 1.29 is 14.5 Å². The van der Waals surface area contributed by atoms with Gasteiger partial charge < -0.3 is 4.74 Å². The third-order valence-electron chi connectivity index (χ3n) is 2.39. The molecule has 0 heterocycles. The lowest BCUT2D eigenvalue weighted by atomic mass is 10.2. The van der Waals surface area contributed by atoms with Gasteiger partial charge in [-0.3, -0.25) is 10.1 Å². The number of carbonyl (C=O) groups excluding carboxylic acids is 1. The van der Waals surface area contributed by atoms with Gasteiger partial charge in [-0.15, -0.1) is 0 Å². The van der Waals surface area contributed by atoms with Crippen molar-refractivity contribution in [2.45, 2.75) is 0 Å². The maximum absolute atomic E-state index is 11.9. The van der Waals surface area contributed by atoms with Crippen molar-refractivity contribution >= 4 is 34.9 Å². The molecule has 0 N–H and O–H groups in total. The van der Waals surface area contributed by atoms with Crippen LogP contribution in [0, 0.1) is 10.1 Å². The summed E-state index contributed by atoms with van der Waals surface area (Å²) in [5, 5.41) is 11.0. The van der Waals surface area contributed by atoms with Crippen LogP contribution < -0.4 is 4.74 Å². The maximum atomic E-state index is 11.9. The van der Waals surface area contributed by atoms with E-state index in [1.807, 2.05) is 0 Å². The van der Waals surface area contributed by atoms with Crippen LogP contribution in [0.25, 0.3) is 0 Å². The van der Waals surface area contributed by atoms with Crippen LogP contribution in [-0.2, 0) is 0 Å². The fourth-order valence-electron chi connectivity index (χ4n) is 1.48. The molecule has 102 valence electrons. The molecule has 7 heteroatoms. The first-order valence-electron chi connectivity index (χ1n) is 5.39. The molecule has 0 fully saturated rings. The molecule has 0 aliphatic rings. The average molecular weight is 312 g/mol. The third-order valence-corrected chi connectivity index (χ3v) is 2.94. The Kier molecular flexibility index (Phi) is 4.22. The van der Waals surface area contributed by atoms with Gasteiger partial charge >= 0.3 is 5.97 Å². The van der Waals surface area contributed by atoms with E-state index in [4.69, 9.17) is 27.9 Å². The van der Waals surface area contributed by atoms with Crippen molar-refractivity contribution in [3.05, 3.63) is 68.2 Å². The number of benzene rings is 2. The molecule has 0 aromatic heterocycles. The number of hydrogen-bond acceptors (Lipinski definition) is 4. The molecule has 2 aromatic carbocycles. The summed E-state index contributed by atoms with van der Waals surface area (Å²) in [4.78, 5) is 21.9. The molecule has 0 saturated carbocycles. The number of esters is 1. The van der Waals surface area contributed by atoms with E-state index in [1.165, 1.54) is 18.2 Å². The molecule has 0 aliphatic heterocycles. The largest absolute Gasteiger partial charge is 0.423 e. The first kappa shape index (κ1) is 14.3. The summed E-state index contributed by atoms with van der Waals surface area (Å²) in [6, 6.07) is 9.81. The van der Waals surface area contributed by atoms with Crippen LogP contribution in [0.2, 0.25) is 10.0 Å². The molecular weight excluding hydrogens is 305 g/mol. The Morgan fingerprint density at radius 2 is 1.90 bits per heavy atom. The van der Waals surface area contributed by atoms with Crippen LogP contribution in [0.5, 0.6) is 5.75 Å². The van der Waals surface area contributed by atoms with Gasteiger partial charge in [-0.05, 0) is 24.3 Å². The van der Waals surface area contributed by atoms with E-state index in [2.05, 4.69) is 0 Å². The topological polar surface area (TPSA) is 69.4 Å². The van der Waals surface area contributed by atoms with Crippen LogP contribution in [0.15, 0.2) is 42.5 Å². The van der Waals surface area contributed by atoms with Crippen LogP contribution >= 0.6 is 23.2 Å². The lowest BCUT2D eigenvalue weighted by molar-refractivity contribution is -0.384. The molecule has 0 radical (unpaired) electrons. The second-order valence-electron chi connectivity index (χ2n) is 3.77. The molecule has 0 aliphatic carbocycles. The number of carbonyl (C=O) groups is 1. The predicted octanol–water partition coefficient (Wildman–Crippen LogP) is 4.12. The summed E-state index contributed by atoms with van der Waals surface area (Å²) >= 11 is 11.6. The Balaban J connectivity index is 2.23. The quantitative estimate of drug-likeness (QED) is 0.370. The fourth-order valence-corrected chi connectivity index (χ4v) is 1.91. The third kappa shape index (κ3) is 3.26. The summed E-state index contributed by atoms with van der Waals surface area (Å²) in [7, 11) is 0. The molecular formula is C13H7Cl2NO4. The van der Waals surface area contributed by atoms with Crippen molar-refractivity contribution in [1.82, 2.24) is 0 Å². The zero-order chi connectivity index (χ0) is 14.7. The standard InChI is InChI=1S/C13H7Cl2NO4/c14-8-2-1-3-10(6-8)20-13(17)11-5-4-9(16(18)19)7-12(11)15/h1-7H. The van der Waals surface area contributed by atoms with E-state index in [0.717, 1.165) is 6.07 Å². The minimum atomic E-state index is -0.716. The molecule has 0 amide bonds. The Hall–Kier alpha value is -2.11. The number of nitrogens with zero attached hydrogens (tertiary/aromatic N) is 1. The van der Waals surface area contributed by atoms with Crippen LogP contribution in [0.1, 0.15) is 10.4 Å². The molecule has 2 rings (SSSR count). The van der Waals surface area contributed by atoms with E-state index in [0.29, 0.717) is 5.02 Å². The molecule has 0 atom stereocenters. The maximum Gasteiger partial charge on any atom is 0.345 e. The molecule has 2 aromatic rings. The van der Waals surface area contributed by atoms with Gasteiger partial charge in [-0.1, -0.05) is 29.3 Å². The van der Waals surface area contributed by atoms with Crippen LogP contribution in [0.3, 0.4) is 0 Å². The van der Waals surface area contributed by atoms with Crippen molar-refractivity contribution in [3.63, 3.8) is 0 Å². The minimum Gasteiger partial charge on any atom is -0.423 e. The average Bonchev–Trinajstić information content (AvgIpc) is 2.38. The zero-order valence-electron chi connectivity index (χ0n) is 9.88. The number of halogens is 2. The molecule has 20 heavy (non-hydrogen) atoms. The van der Waals surface area contributed by atoms with Crippen molar-refractivity contribution in [1.29, 1.82) is 0 Å². The summed E-state index contributed by atoms with van der Waals surface area (Å²) in [5.74, 6) is -0.455. The van der Waals surface area contributed by atoms with E-state index in [-0.39, 0.29) is 22.0 Å². The molecule has 0 saturated heterocycles. The second kappa shape index (κ2) is 5.90.